The number of hydrogen-bond donors (Lipinski definition) is 0. The molecule has 5 aromatic rings. The number of pyridine rings is 1. The fraction of sp³-hybridized carbons (Fsp3) is 0.0370. The van der Waals surface area contributed by atoms with Crippen LogP contribution in [0.5, 0.6) is 0 Å². The van der Waals surface area contributed by atoms with Crippen LogP contribution in [0, 0.1) is 40.9 Å². The lowest BCUT2D eigenvalue weighted by molar-refractivity contribution is 1.14. The topological polar surface area (TPSA) is 89.2 Å². The van der Waals surface area contributed by atoms with Gasteiger partial charge in [-0.05, 0) is 60.0 Å². The molecular formula is C27H15N5. The fourth-order valence-corrected chi connectivity index (χ4v) is 4.34. The second kappa shape index (κ2) is 7.40. The maximum atomic E-state index is 9.94. The number of rotatable bonds is 2. The number of nitriles is 3. The highest BCUT2D eigenvalue weighted by atomic mass is 15.0. The molecule has 0 N–H and O–H groups in total. The maximum absolute atomic E-state index is 9.94. The molecule has 0 aliphatic carbocycles. The Morgan fingerprint density at radius 1 is 0.719 bits per heavy atom. The minimum absolute atomic E-state index is 0.510. The number of nitrogens with zero attached hydrogens (tertiary/aromatic N) is 5. The van der Waals surface area contributed by atoms with Crippen LogP contribution in [-0.2, 0) is 0 Å². The third-order valence-corrected chi connectivity index (χ3v) is 5.74. The second-order valence-electron chi connectivity index (χ2n) is 7.49. The Kier molecular flexibility index (Phi) is 4.41. The van der Waals surface area contributed by atoms with Crippen LogP contribution in [0.4, 0.5) is 0 Å². The first-order valence-electron chi connectivity index (χ1n) is 9.99. The quantitative estimate of drug-likeness (QED) is 0.370. The van der Waals surface area contributed by atoms with Gasteiger partial charge in [0.2, 0.25) is 0 Å². The van der Waals surface area contributed by atoms with Crippen molar-refractivity contribution in [3.05, 3.63) is 95.3 Å². The molecule has 5 heteroatoms. The molecule has 5 rings (SSSR count). The molecule has 3 aromatic carbocycles. The number of hydrogen-bond acceptors (Lipinski definition) is 4. The average Bonchev–Trinajstić information content (AvgIpc) is 3.19. The fourth-order valence-electron chi connectivity index (χ4n) is 4.34. The molecule has 0 aliphatic rings. The normalized spacial score (nSPS) is 10.6. The van der Waals surface area contributed by atoms with Crippen molar-refractivity contribution in [2.75, 3.05) is 0 Å². The van der Waals surface area contributed by atoms with Gasteiger partial charge in [0.25, 0.3) is 0 Å². The molecule has 2 heterocycles. The number of fused-ring (bicyclic) bond motifs is 3. The molecule has 0 aliphatic heterocycles. The van der Waals surface area contributed by atoms with Crippen molar-refractivity contribution in [3.8, 4) is 35.0 Å². The van der Waals surface area contributed by atoms with Crippen LogP contribution in [0.25, 0.3) is 38.6 Å². The van der Waals surface area contributed by atoms with Gasteiger partial charge in [0.1, 0.15) is 12.1 Å². The van der Waals surface area contributed by atoms with E-state index in [-0.39, 0.29) is 0 Å². The van der Waals surface area contributed by atoms with Gasteiger partial charge < -0.3 is 4.57 Å². The van der Waals surface area contributed by atoms with E-state index in [0.717, 1.165) is 44.2 Å². The van der Waals surface area contributed by atoms with E-state index < -0.39 is 0 Å². The van der Waals surface area contributed by atoms with E-state index in [0.29, 0.717) is 16.7 Å². The summed E-state index contributed by atoms with van der Waals surface area (Å²) in [6.07, 6.45) is 3.40. The highest BCUT2D eigenvalue weighted by Gasteiger charge is 2.20. The van der Waals surface area contributed by atoms with Crippen LogP contribution < -0.4 is 0 Å². The van der Waals surface area contributed by atoms with Gasteiger partial charge in [-0.3, -0.25) is 4.98 Å². The summed E-state index contributed by atoms with van der Waals surface area (Å²) >= 11 is 0. The summed E-state index contributed by atoms with van der Waals surface area (Å²) in [5.74, 6) is 0. The van der Waals surface area contributed by atoms with Crippen molar-refractivity contribution < 1.29 is 0 Å². The van der Waals surface area contributed by atoms with Gasteiger partial charge in [0.05, 0.1) is 39.5 Å². The Balaban J connectivity index is 1.95. The molecule has 0 unspecified atom stereocenters. The molecule has 0 saturated heterocycles. The summed E-state index contributed by atoms with van der Waals surface area (Å²) in [5.41, 5.74) is 6.42. The van der Waals surface area contributed by atoms with Gasteiger partial charge in [-0.25, -0.2) is 0 Å². The minimum Gasteiger partial charge on any atom is -0.306 e. The van der Waals surface area contributed by atoms with E-state index in [1.165, 1.54) is 0 Å². The monoisotopic (exact) mass is 409 g/mol. The lowest BCUT2D eigenvalue weighted by Gasteiger charge is -2.15. The molecule has 2 aromatic heterocycles. The Hall–Kier alpha value is -4.92. The Morgan fingerprint density at radius 3 is 1.81 bits per heavy atom. The summed E-state index contributed by atoms with van der Waals surface area (Å²) < 4.78 is 1.95. The highest BCUT2D eigenvalue weighted by Crippen LogP contribution is 2.38. The minimum atomic E-state index is 0.510. The molecule has 0 saturated carbocycles. The van der Waals surface area contributed by atoms with Crippen LogP contribution in [0.3, 0.4) is 0 Å². The molecule has 0 radical (unpaired) electrons. The zero-order chi connectivity index (χ0) is 22.2. The van der Waals surface area contributed by atoms with E-state index in [9.17, 15) is 15.8 Å². The van der Waals surface area contributed by atoms with Gasteiger partial charge in [-0.15, -0.1) is 0 Å². The Bertz CT molecular complexity index is 1580. The van der Waals surface area contributed by atoms with E-state index in [1.807, 2.05) is 60.0 Å². The van der Waals surface area contributed by atoms with Crippen LogP contribution in [0.1, 0.15) is 22.3 Å². The molecule has 0 atom stereocenters. The van der Waals surface area contributed by atoms with Gasteiger partial charge >= 0.3 is 0 Å². The first kappa shape index (κ1) is 19.1. The van der Waals surface area contributed by atoms with Crippen LogP contribution in [0.2, 0.25) is 0 Å². The summed E-state index contributed by atoms with van der Waals surface area (Å²) in [4.78, 5) is 4.07. The highest BCUT2D eigenvalue weighted by molar-refractivity contribution is 6.12. The summed E-state index contributed by atoms with van der Waals surface area (Å²) in [5, 5.41) is 31.4. The van der Waals surface area contributed by atoms with E-state index in [1.54, 1.807) is 24.5 Å². The van der Waals surface area contributed by atoms with Gasteiger partial charge in [-0.1, -0.05) is 24.3 Å². The van der Waals surface area contributed by atoms with Crippen molar-refractivity contribution in [2.24, 2.45) is 0 Å². The van der Waals surface area contributed by atoms with E-state index in [2.05, 4.69) is 23.2 Å². The number of benzene rings is 3. The first-order chi connectivity index (χ1) is 15.7. The first-order valence-corrected chi connectivity index (χ1v) is 9.99. The molecule has 0 amide bonds. The van der Waals surface area contributed by atoms with Gasteiger partial charge in [-0.2, -0.15) is 15.8 Å². The molecule has 0 bridgehead atoms. The maximum Gasteiger partial charge on any atom is 0.101 e. The summed E-state index contributed by atoms with van der Waals surface area (Å²) in [7, 11) is 0. The molecule has 32 heavy (non-hydrogen) atoms. The van der Waals surface area contributed by atoms with Crippen molar-refractivity contribution >= 4 is 21.8 Å². The molecule has 5 nitrogen and oxygen atoms in total. The lowest BCUT2D eigenvalue weighted by atomic mass is 9.97. The number of para-hydroxylation sites is 2. The smallest absolute Gasteiger partial charge is 0.101 e. The zero-order valence-electron chi connectivity index (χ0n) is 17.2. The van der Waals surface area contributed by atoms with Gasteiger partial charge in [0.15, 0.2) is 0 Å². The third kappa shape index (κ3) is 2.72. The van der Waals surface area contributed by atoms with Crippen molar-refractivity contribution in [2.45, 2.75) is 6.92 Å². The van der Waals surface area contributed by atoms with Gasteiger partial charge in [0, 0.05) is 23.2 Å². The van der Waals surface area contributed by atoms with E-state index >= 15 is 0 Å². The standard InChI is InChI=1S/C27H15N5/c1-17-12-24(18-8-10-31-11-9-18)21(16-30)13-25(17)32-26-19(14-28)4-2-6-22(26)23-7-3-5-20(15-29)27(23)32/h2-13H,1H3. The van der Waals surface area contributed by atoms with Crippen molar-refractivity contribution in [1.82, 2.24) is 9.55 Å². The van der Waals surface area contributed by atoms with Crippen LogP contribution >= 0.6 is 0 Å². The predicted molar refractivity (Wildman–Crippen MR) is 123 cm³/mol. The van der Waals surface area contributed by atoms with Crippen molar-refractivity contribution in [3.63, 3.8) is 0 Å². The molecule has 0 spiro atoms. The Morgan fingerprint density at radius 2 is 1.28 bits per heavy atom. The zero-order valence-corrected chi connectivity index (χ0v) is 17.2. The number of aromatic nitrogens is 2. The average molecular weight is 409 g/mol. The van der Waals surface area contributed by atoms with Crippen LogP contribution in [-0.4, -0.2) is 9.55 Å². The summed E-state index contributed by atoms with van der Waals surface area (Å²) in [6, 6.07) is 25.6. The van der Waals surface area contributed by atoms with E-state index in [4.69, 9.17) is 0 Å². The summed E-state index contributed by atoms with van der Waals surface area (Å²) in [6.45, 7) is 1.98. The second-order valence-corrected chi connectivity index (χ2v) is 7.49. The SMILES string of the molecule is Cc1cc(-c2ccncc2)c(C#N)cc1-n1c2c(C#N)cccc2c2cccc(C#N)c21. The molecule has 148 valence electrons. The van der Waals surface area contributed by atoms with Crippen LogP contribution in [0.15, 0.2) is 73.1 Å². The lowest BCUT2D eigenvalue weighted by Crippen LogP contribution is -2.02. The third-order valence-electron chi connectivity index (χ3n) is 5.74. The largest absolute Gasteiger partial charge is 0.306 e. The predicted octanol–water partition coefficient (Wildman–Crippen LogP) is 5.77. The van der Waals surface area contributed by atoms with Crippen molar-refractivity contribution in [1.29, 1.82) is 15.8 Å². The Labute approximate surface area is 184 Å². The molecular weight excluding hydrogens is 394 g/mol. The molecule has 0 fully saturated rings. The number of aryl methyl sites for hydroxylation is 1.